The van der Waals surface area contributed by atoms with E-state index in [1.165, 1.54) is 0 Å². The van der Waals surface area contributed by atoms with Crippen LogP contribution in [-0.2, 0) is 38.1 Å². The molecule has 42 heavy (non-hydrogen) atoms. The van der Waals surface area contributed by atoms with Crippen LogP contribution in [0.4, 0.5) is 0 Å². The fourth-order valence-corrected chi connectivity index (χ4v) is 6.02. The minimum atomic E-state index is -1.83. The zero-order valence-corrected chi connectivity index (χ0v) is 24.0. The molecule has 0 aliphatic carbocycles. The van der Waals surface area contributed by atoms with E-state index in [2.05, 4.69) is 10.6 Å². The van der Waals surface area contributed by atoms with E-state index in [0.717, 1.165) is 35.4 Å². The van der Waals surface area contributed by atoms with Crippen LogP contribution >= 0.6 is 21.6 Å². The molecule has 2 fully saturated rings. The van der Waals surface area contributed by atoms with Gasteiger partial charge < -0.3 is 70.4 Å². The molecular formula is C22H36N2O16S2. The topological polar surface area (TPSA) is 291 Å². The van der Waals surface area contributed by atoms with Crippen molar-refractivity contribution in [2.24, 2.45) is 0 Å². The summed E-state index contributed by atoms with van der Waals surface area (Å²) in [5.74, 6) is -3.27. The maximum Gasteiger partial charge on any atom is 0.329 e. The van der Waals surface area contributed by atoms with Crippen LogP contribution in [0.15, 0.2) is 0 Å². The third kappa shape index (κ3) is 10.4. The number of carbonyl (C=O) groups excluding carboxylic acids is 4. The molecular weight excluding hydrogens is 612 g/mol. The Kier molecular flexibility index (Phi) is 14.6. The van der Waals surface area contributed by atoms with Crippen molar-refractivity contribution in [1.29, 1.82) is 0 Å². The standard InChI is InChI=1S/C22H36N2O16S2/c1-7(25)23-9(19(33)37-3-11-13(27)15(29)17(31)21(35)39-11)5-41-42-6-10(24-8(2)26)20(34)38-4-12-14(28)16(30)18(32)22(36)40-12/h9-18,21-22,27-32,35-36H,3-6H2,1-2H3,(H,23,25)(H,24,26). The van der Waals surface area contributed by atoms with E-state index in [-0.39, 0.29) is 11.5 Å². The summed E-state index contributed by atoms with van der Waals surface area (Å²) in [6.45, 7) is 1.04. The highest BCUT2D eigenvalue weighted by Crippen LogP contribution is 2.25. The number of amides is 2. The van der Waals surface area contributed by atoms with Gasteiger partial charge in [0, 0.05) is 25.4 Å². The highest BCUT2D eigenvalue weighted by Gasteiger charge is 2.45. The summed E-state index contributed by atoms with van der Waals surface area (Å²) in [5, 5.41) is 82.5. The molecule has 0 spiro atoms. The van der Waals surface area contributed by atoms with Crippen LogP contribution in [0.5, 0.6) is 0 Å². The average Bonchev–Trinajstić information content (AvgIpc) is 2.93. The zero-order valence-electron chi connectivity index (χ0n) is 22.4. The molecule has 18 nitrogen and oxygen atoms in total. The van der Waals surface area contributed by atoms with Crippen molar-refractivity contribution in [1.82, 2.24) is 10.6 Å². The first-order valence-corrected chi connectivity index (χ1v) is 15.0. The number of rotatable bonds is 13. The van der Waals surface area contributed by atoms with E-state index in [4.69, 9.17) is 18.9 Å². The lowest BCUT2D eigenvalue weighted by atomic mass is 9.99. The smallest absolute Gasteiger partial charge is 0.329 e. The molecule has 242 valence electrons. The van der Waals surface area contributed by atoms with Crippen LogP contribution in [0.2, 0.25) is 0 Å². The monoisotopic (exact) mass is 648 g/mol. The molecule has 2 aliphatic heterocycles. The Morgan fingerprint density at radius 1 is 0.619 bits per heavy atom. The van der Waals surface area contributed by atoms with Gasteiger partial charge in [-0.3, -0.25) is 9.59 Å². The van der Waals surface area contributed by atoms with Gasteiger partial charge in [-0.2, -0.15) is 0 Å². The van der Waals surface area contributed by atoms with Crippen molar-refractivity contribution in [3.05, 3.63) is 0 Å². The number of ether oxygens (including phenoxy) is 4. The second-order valence-corrected chi connectivity index (χ2v) is 12.0. The number of hydrogen-bond donors (Lipinski definition) is 10. The van der Waals surface area contributed by atoms with Crippen LogP contribution in [0, 0.1) is 0 Å². The van der Waals surface area contributed by atoms with Gasteiger partial charge in [-0.05, 0) is 0 Å². The first-order chi connectivity index (χ1) is 19.6. The van der Waals surface area contributed by atoms with Crippen molar-refractivity contribution in [2.75, 3.05) is 24.7 Å². The Morgan fingerprint density at radius 2 is 0.952 bits per heavy atom. The quantitative estimate of drug-likeness (QED) is 0.0505. The lowest BCUT2D eigenvalue weighted by Gasteiger charge is -2.38. The number of hydrogen-bond acceptors (Lipinski definition) is 18. The minimum Gasteiger partial charge on any atom is -0.461 e. The van der Waals surface area contributed by atoms with E-state index in [0.29, 0.717) is 0 Å². The summed E-state index contributed by atoms with van der Waals surface area (Å²) in [6, 6.07) is -2.43. The Balaban J connectivity index is 1.87. The second-order valence-electron chi connectivity index (χ2n) is 9.41. The van der Waals surface area contributed by atoms with Crippen molar-refractivity contribution in [3.63, 3.8) is 0 Å². The molecule has 10 N–H and O–H groups in total. The van der Waals surface area contributed by atoms with Gasteiger partial charge in [-0.15, -0.1) is 0 Å². The molecule has 12 atom stereocenters. The van der Waals surface area contributed by atoms with Crippen LogP contribution in [0.25, 0.3) is 0 Å². The highest BCUT2D eigenvalue weighted by atomic mass is 33.1. The third-order valence-corrected chi connectivity index (χ3v) is 8.45. The molecule has 0 aromatic rings. The number of carbonyl (C=O) groups is 4. The lowest BCUT2D eigenvalue weighted by Crippen LogP contribution is -2.59. The molecule has 12 unspecified atom stereocenters. The maximum absolute atomic E-state index is 12.6. The molecule has 0 saturated carbocycles. The lowest BCUT2D eigenvalue weighted by molar-refractivity contribution is -0.287. The summed E-state index contributed by atoms with van der Waals surface area (Å²) in [5.41, 5.74) is 0. The Hall–Kier alpha value is -1.82. The summed E-state index contributed by atoms with van der Waals surface area (Å²) >= 11 is 0. The van der Waals surface area contributed by atoms with Gasteiger partial charge in [0.05, 0.1) is 0 Å². The van der Waals surface area contributed by atoms with Crippen LogP contribution < -0.4 is 10.6 Å². The average molecular weight is 649 g/mol. The van der Waals surface area contributed by atoms with E-state index < -0.39 is 110 Å². The fourth-order valence-electron chi connectivity index (χ4n) is 3.73. The second kappa shape index (κ2) is 16.9. The third-order valence-electron chi connectivity index (χ3n) is 6.03. The van der Waals surface area contributed by atoms with Crippen molar-refractivity contribution < 1.29 is 79.0 Å². The summed E-state index contributed by atoms with van der Waals surface area (Å²) in [6.07, 6.45) is -16.8. The molecule has 2 amide bonds. The Labute approximate surface area is 247 Å². The van der Waals surface area contributed by atoms with Crippen molar-refractivity contribution in [2.45, 2.75) is 87.3 Å². The van der Waals surface area contributed by atoms with E-state index in [1.54, 1.807) is 0 Å². The van der Waals surface area contributed by atoms with Gasteiger partial charge in [-0.25, -0.2) is 9.59 Å². The number of esters is 2. The number of nitrogens with one attached hydrogen (secondary N) is 2. The maximum atomic E-state index is 12.6. The molecule has 2 heterocycles. The molecule has 0 bridgehead atoms. The van der Waals surface area contributed by atoms with Crippen molar-refractivity contribution in [3.8, 4) is 0 Å². The van der Waals surface area contributed by atoms with Gasteiger partial charge in [0.2, 0.25) is 11.8 Å². The minimum absolute atomic E-state index is 0.0941. The highest BCUT2D eigenvalue weighted by molar-refractivity contribution is 8.76. The first-order valence-electron chi connectivity index (χ1n) is 12.5. The molecule has 20 heteroatoms. The molecule has 2 aliphatic rings. The van der Waals surface area contributed by atoms with E-state index in [9.17, 15) is 60.0 Å². The molecule has 2 saturated heterocycles. The van der Waals surface area contributed by atoms with Gasteiger partial charge in [0.25, 0.3) is 0 Å². The summed E-state index contributed by atoms with van der Waals surface area (Å²) < 4.78 is 20.0. The predicted octanol–water partition coefficient (Wildman–Crippen LogP) is -5.94. The summed E-state index contributed by atoms with van der Waals surface area (Å²) in [7, 11) is 2.01. The van der Waals surface area contributed by atoms with Gasteiger partial charge in [0.15, 0.2) is 12.6 Å². The molecule has 0 radical (unpaired) electrons. The molecule has 0 aromatic carbocycles. The molecule has 0 aromatic heterocycles. The van der Waals surface area contributed by atoms with Crippen molar-refractivity contribution >= 4 is 45.3 Å². The van der Waals surface area contributed by atoms with Gasteiger partial charge in [-0.1, -0.05) is 21.6 Å². The number of aliphatic hydroxyl groups is 8. The largest absolute Gasteiger partial charge is 0.461 e. The van der Waals surface area contributed by atoms with Crippen LogP contribution in [0.3, 0.4) is 0 Å². The SMILES string of the molecule is CC(=O)NC(CSSCC(NC(C)=O)C(=O)OCC1OC(O)C(O)C(O)C1O)C(=O)OCC1OC(O)C(O)C(O)C1O. The predicted molar refractivity (Wildman–Crippen MR) is 140 cm³/mol. The first kappa shape index (κ1) is 36.4. The molecule has 2 rings (SSSR count). The van der Waals surface area contributed by atoms with Gasteiger partial charge in [0.1, 0.15) is 74.1 Å². The van der Waals surface area contributed by atoms with E-state index >= 15 is 0 Å². The van der Waals surface area contributed by atoms with E-state index in [1.807, 2.05) is 0 Å². The summed E-state index contributed by atoms with van der Waals surface area (Å²) in [4.78, 5) is 48.4. The Morgan fingerprint density at radius 3 is 1.26 bits per heavy atom. The van der Waals surface area contributed by atoms with Crippen LogP contribution in [-0.4, -0.2) is 163 Å². The number of aliphatic hydroxyl groups excluding tert-OH is 8. The van der Waals surface area contributed by atoms with Crippen LogP contribution in [0.1, 0.15) is 13.8 Å². The Bertz CT molecular complexity index is 861. The van der Waals surface area contributed by atoms with Gasteiger partial charge >= 0.3 is 11.9 Å². The zero-order chi connectivity index (χ0) is 31.7. The fraction of sp³-hybridized carbons (Fsp3) is 0.818. The normalized spacial score (nSPS) is 34.5.